The number of fused-ring (bicyclic) bond motifs is 16. The Balaban J connectivity index is 1.03. The van der Waals surface area contributed by atoms with E-state index in [0.29, 0.717) is 5.56 Å². The SMILES string of the molecule is N#Cc1ccc2c(c1)nc1c3ccccc3c3oc4ccc(-n5c6ccccc6c6cc(-c7ccc8c(c7)c7ccccc7n8-c7ccccc7)ccc65)cc4c3n21. The van der Waals surface area contributed by atoms with E-state index in [4.69, 9.17) is 9.40 Å². The molecular weight excluding hydrogens is 711 g/mol. The summed E-state index contributed by atoms with van der Waals surface area (Å²) in [6.45, 7) is 0. The fraction of sp³-hybridized carbons (Fsp3) is 0. The highest BCUT2D eigenvalue weighted by Crippen LogP contribution is 2.42. The molecule has 0 amide bonds. The number of benzene rings is 8. The lowest BCUT2D eigenvalue weighted by molar-refractivity contribution is 0.672. The molecule has 0 unspecified atom stereocenters. The molecule has 0 atom stereocenters. The molecule has 0 N–H and O–H groups in total. The summed E-state index contributed by atoms with van der Waals surface area (Å²) in [6, 6.07) is 64.5. The van der Waals surface area contributed by atoms with Crippen LogP contribution in [0.15, 0.2) is 180 Å². The van der Waals surface area contributed by atoms with Crippen molar-refractivity contribution >= 4 is 93.1 Å². The molecule has 13 aromatic rings. The van der Waals surface area contributed by atoms with Crippen molar-refractivity contribution in [2.24, 2.45) is 0 Å². The fourth-order valence-corrected chi connectivity index (χ4v) is 9.49. The standard InChI is InChI=1S/C52H29N5O/c53-30-31-18-22-48-43(26-31)54-52-39-15-5-4-14-38(39)51-50(57(48)52)42-29-35(21-25-49(42)58-51)56-45-17-9-7-13-37(45)41-28-33(20-24-47(41)56)32-19-23-46-40(27-32)36-12-6-8-16-44(36)55(46)34-10-2-1-3-11-34/h1-29H. The Bertz CT molecular complexity index is 3930. The van der Waals surface area contributed by atoms with E-state index in [9.17, 15) is 5.26 Å². The molecule has 0 spiro atoms. The number of furan rings is 1. The average molecular weight is 740 g/mol. The summed E-state index contributed by atoms with van der Waals surface area (Å²) in [4.78, 5) is 5.09. The number of nitriles is 1. The Morgan fingerprint density at radius 1 is 0.448 bits per heavy atom. The van der Waals surface area contributed by atoms with Gasteiger partial charge in [0, 0.05) is 49.1 Å². The quantitative estimate of drug-likeness (QED) is 0.181. The Morgan fingerprint density at radius 2 is 1.03 bits per heavy atom. The second-order valence-electron chi connectivity index (χ2n) is 15.1. The van der Waals surface area contributed by atoms with Crippen molar-refractivity contribution in [1.29, 1.82) is 5.26 Å². The first kappa shape index (κ1) is 31.1. The van der Waals surface area contributed by atoms with E-state index < -0.39 is 0 Å². The maximum absolute atomic E-state index is 9.68. The number of rotatable bonds is 3. The molecule has 58 heavy (non-hydrogen) atoms. The Kier molecular flexibility index (Phi) is 6.14. The Hall–Kier alpha value is -8.14. The first-order valence-corrected chi connectivity index (χ1v) is 19.4. The van der Waals surface area contributed by atoms with Crippen LogP contribution >= 0.6 is 0 Å². The largest absolute Gasteiger partial charge is 0.454 e. The summed E-state index contributed by atoms with van der Waals surface area (Å²) in [5.41, 5.74) is 14.9. The van der Waals surface area contributed by atoms with Gasteiger partial charge in [-0.2, -0.15) is 5.26 Å². The smallest absolute Gasteiger partial charge is 0.160 e. The molecule has 5 aromatic heterocycles. The number of para-hydroxylation sites is 3. The number of imidazole rings is 1. The second-order valence-corrected chi connectivity index (χ2v) is 15.1. The molecule has 0 radical (unpaired) electrons. The summed E-state index contributed by atoms with van der Waals surface area (Å²) in [6.07, 6.45) is 0. The van der Waals surface area contributed by atoms with Gasteiger partial charge >= 0.3 is 0 Å². The van der Waals surface area contributed by atoms with Gasteiger partial charge in [0.25, 0.3) is 0 Å². The highest BCUT2D eigenvalue weighted by Gasteiger charge is 2.21. The lowest BCUT2D eigenvalue weighted by Gasteiger charge is -2.10. The molecule has 0 saturated heterocycles. The van der Waals surface area contributed by atoms with Gasteiger partial charge in [0.2, 0.25) is 0 Å². The summed E-state index contributed by atoms with van der Waals surface area (Å²) in [5.74, 6) is 0. The number of aromatic nitrogens is 4. The molecule has 6 heteroatoms. The summed E-state index contributed by atoms with van der Waals surface area (Å²) >= 11 is 0. The third kappa shape index (κ3) is 4.16. The van der Waals surface area contributed by atoms with E-state index >= 15 is 0 Å². The molecule has 5 heterocycles. The van der Waals surface area contributed by atoms with Crippen LogP contribution in [-0.4, -0.2) is 18.5 Å². The van der Waals surface area contributed by atoms with Crippen LogP contribution in [0.25, 0.3) is 116 Å². The number of pyridine rings is 1. The highest BCUT2D eigenvalue weighted by atomic mass is 16.3. The third-order valence-corrected chi connectivity index (χ3v) is 12.0. The topological polar surface area (TPSA) is 64.1 Å². The minimum absolute atomic E-state index is 0.585. The Morgan fingerprint density at radius 3 is 1.72 bits per heavy atom. The van der Waals surface area contributed by atoms with Crippen molar-refractivity contribution in [3.05, 3.63) is 181 Å². The van der Waals surface area contributed by atoms with Gasteiger partial charge in [-0.05, 0) is 96.1 Å². The third-order valence-electron chi connectivity index (χ3n) is 12.0. The molecule has 0 bridgehead atoms. The molecule has 8 aromatic carbocycles. The van der Waals surface area contributed by atoms with Crippen LogP contribution in [0.2, 0.25) is 0 Å². The van der Waals surface area contributed by atoms with Crippen LogP contribution in [0.1, 0.15) is 5.56 Å². The molecule has 268 valence electrons. The van der Waals surface area contributed by atoms with Crippen molar-refractivity contribution in [3.63, 3.8) is 0 Å². The lowest BCUT2D eigenvalue weighted by Crippen LogP contribution is -1.94. The molecular formula is C52H29N5O. The van der Waals surface area contributed by atoms with E-state index in [2.05, 4.69) is 165 Å². The maximum Gasteiger partial charge on any atom is 0.160 e. The zero-order chi connectivity index (χ0) is 38.1. The van der Waals surface area contributed by atoms with Gasteiger partial charge in [-0.15, -0.1) is 0 Å². The Labute approximate surface area is 330 Å². The number of hydrogen-bond donors (Lipinski definition) is 0. The first-order chi connectivity index (χ1) is 28.7. The van der Waals surface area contributed by atoms with Gasteiger partial charge in [-0.3, -0.25) is 4.40 Å². The van der Waals surface area contributed by atoms with E-state index in [-0.39, 0.29) is 0 Å². The van der Waals surface area contributed by atoms with Crippen molar-refractivity contribution in [3.8, 4) is 28.6 Å². The molecule has 0 aliphatic rings. The van der Waals surface area contributed by atoms with Crippen LogP contribution < -0.4 is 0 Å². The van der Waals surface area contributed by atoms with E-state index in [0.717, 1.165) is 71.9 Å². The number of hydrogen-bond acceptors (Lipinski definition) is 3. The molecule has 6 nitrogen and oxygen atoms in total. The van der Waals surface area contributed by atoms with Crippen molar-refractivity contribution < 1.29 is 4.42 Å². The normalized spacial score (nSPS) is 12.1. The highest BCUT2D eigenvalue weighted by molar-refractivity contribution is 6.19. The van der Waals surface area contributed by atoms with Gasteiger partial charge < -0.3 is 13.6 Å². The predicted octanol–water partition coefficient (Wildman–Crippen LogP) is 13.3. The molecule has 0 fully saturated rings. The molecule has 0 saturated carbocycles. The van der Waals surface area contributed by atoms with Crippen LogP contribution in [0.5, 0.6) is 0 Å². The van der Waals surface area contributed by atoms with Crippen molar-refractivity contribution in [2.75, 3.05) is 0 Å². The summed E-state index contributed by atoms with van der Waals surface area (Å²) in [7, 11) is 0. The lowest BCUT2D eigenvalue weighted by atomic mass is 10.0. The van der Waals surface area contributed by atoms with E-state index in [1.165, 1.54) is 43.7 Å². The number of nitrogens with zero attached hydrogens (tertiary/aromatic N) is 5. The van der Waals surface area contributed by atoms with E-state index in [1.807, 2.05) is 30.3 Å². The van der Waals surface area contributed by atoms with Gasteiger partial charge in [0.1, 0.15) is 16.7 Å². The fourth-order valence-electron chi connectivity index (χ4n) is 9.49. The van der Waals surface area contributed by atoms with Crippen molar-refractivity contribution in [1.82, 2.24) is 18.5 Å². The zero-order valence-corrected chi connectivity index (χ0v) is 30.9. The minimum Gasteiger partial charge on any atom is -0.454 e. The van der Waals surface area contributed by atoms with Crippen LogP contribution in [-0.2, 0) is 0 Å². The summed E-state index contributed by atoms with van der Waals surface area (Å²) < 4.78 is 13.7. The van der Waals surface area contributed by atoms with Gasteiger partial charge in [0.05, 0.1) is 44.7 Å². The van der Waals surface area contributed by atoms with E-state index in [1.54, 1.807) is 0 Å². The second kappa shape index (κ2) is 11.5. The first-order valence-electron chi connectivity index (χ1n) is 19.4. The molecule has 13 rings (SSSR count). The van der Waals surface area contributed by atoms with Gasteiger partial charge in [0.15, 0.2) is 5.58 Å². The van der Waals surface area contributed by atoms with Gasteiger partial charge in [-0.1, -0.05) is 91.0 Å². The minimum atomic E-state index is 0.585. The average Bonchev–Trinajstić information content (AvgIpc) is 4.04. The maximum atomic E-state index is 9.68. The molecule has 0 aliphatic carbocycles. The van der Waals surface area contributed by atoms with Crippen LogP contribution in [0, 0.1) is 11.3 Å². The molecule has 0 aliphatic heterocycles. The predicted molar refractivity (Wildman–Crippen MR) is 236 cm³/mol. The van der Waals surface area contributed by atoms with Crippen LogP contribution in [0.3, 0.4) is 0 Å². The van der Waals surface area contributed by atoms with Crippen LogP contribution in [0.4, 0.5) is 0 Å². The van der Waals surface area contributed by atoms with Crippen molar-refractivity contribution in [2.45, 2.75) is 0 Å². The monoisotopic (exact) mass is 739 g/mol. The van der Waals surface area contributed by atoms with Gasteiger partial charge in [-0.25, -0.2) is 4.98 Å². The zero-order valence-electron chi connectivity index (χ0n) is 30.9. The summed E-state index contributed by atoms with van der Waals surface area (Å²) in [5, 5.41) is 17.5.